The Kier molecular flexibility index (Phi) is 33.9. The number of methoxy groups -OCH3 is 1. The van der Waals surface area contributed by atoms with Crippen molar-refractivity contribution < 1.29 is 47.4 Å². The average Bonchev–Trinajstić information content (AvgIpc) is 0.790. The monoisotopic (exact) mass is 1270 g/mol. The van der Waals surface area contributed by atoms with Crippen molar-refractivity contribution in [2.45, 2.75) is 49.3 Å². The number of carbonyl (C=O) groups excluding carboxylic acids is 6. The summed E-state index contributed by atoms with van der Waals surface area (Å²) in [4.78, 5) is 77.8. The summed E-state index contributed by atoms with van der Waals surface area (Å²) in [6.07, 6.45) is 3.92. The first-order valence-electron chi connectivity index (χ1n) is 28.0. The van der Waals surface area contributed by atoms with Crippen LogP contribution in [0.25, 0.3) is 27.5 Å². The van der Waals surface area contributed by atoms with E-state index in [2.05, 4.69) is 33.8 Å². The highest BCUT2D eigenvalue weighted by atomic mass is 35.5. The zero-order valence-electron chi connectivity index (χ0n) is 49.9. The largest absolute Gasteiger partial charge is 0.468 e. The smallest absolute Gasteiger partial charge is 0.319 e. The number of ketones is 2. The van der Waals surface area contributed by atoms with E-state index in [1.165, 1.54) is 19.3 Å². The Morgan fingerprint density at radius 2 is 0.945 bits per heavy atom. The molecular weight excluding hydrogens is 1200 g/mol. The lowest BCUT2D eigenvalue weighted by molar-refractivity contribution is -0.139. The lowest BCUT2D eigenvalue weighted by atomic mass is 9.90. The van der Waals surface area contributed by atoms with Gasteiger partial charge in [-0.2, -0.15) is 21.0 Å². The summed E-state index contributed by atoms with van der Waals surface area (Å²) in [5.41, 5.74) is 19.7. The van der Waals surface area contributed by atoms with Gasteiger partial charge in [0.15, 0.2) is 15.9 Å². The molecule has 0 saturated carbocycles. The molecule has 9 N–H and O–H groups in total. The van der Waals surface area contributed by atoms with Crippen molar-refractivity contribution >= 4 is 86.0 Å². The second kappa shape index (κ2) is 41.4. The first kappa shape index (κ1) is 74.5. The Bertz CT molecular complexity index is 3760. The van der Waals surface area contributed by atoms with Crippen LogP contribution in [0.1, 0.15) is 67.2 Å². The summed E-state index contributed by atoms with van der Waals surface area (Å²) in [7, 11) is 1.25. The first-order chi connectivity index (χ1) is 43.9. The lowest BCUT2D eigenvalue weighted by Crippen LogP contribution is -2.28. The molecule has 0 saturated heterocycles. The van der Waals surface area contributed by atoms with Crippen LogP contribution in [0, 0.1) is 45.3 Å². The van der Waals surface area contributed by atoms with Gasteiger partial charge in [-0.25, -0.2) is 0 Å². The van der Waals surface area contributed by atoms with Crippen molar-refractivity contribution in [3.05, 3.63) is 209 Å². The molecule has 9 rings (SSSR count). The molecule has 0 radical (unpaired) electrons. The van der Waals surface area contributed by atoms with Crippen LogP contribution in [0.3, 0.4) is 0 Å². The predicted molar refractivity (Wildman–Crippen MR) is 348 cm³/mol. The van der Waals surface area contributed by atoms with Crippen LogP contribution in [0.15, 0.2) is 186 Å². The topological polar surface area (TPSA) is 370 Å². The fourth-order valence-electron chi connectivity index (χ4n) is 7.79. The number of halogens is 2. The number of esters is 1. The molecule has 21 nitrogen and oxygen atoms in total. The van der Waals surface area contributed by atoms with Gasteiger partial charge < -0.3 is 51.8 Å². The van der Waals surface area contributed by atoms with E-state index in [0.29, 0.717) is 127 Å². The van der Waals surface area contributed by atoms with Gasteiger partial charge in [-0.15, -0.1) is 0 Å². The molecule has 6 aromatic carbocycles. The van der Waals surface area contributed by atoms with E-state index in [9.17, 15) is 38.8 Å². The summed E-state index contributed by atoms with van der Waals surface area (Å²) >= 11 is 12.8. The minimum Gasteiger partial charge on any atom is -0.468 e. The number of amides is 3. The van der Waals surface area contributed by atoms with E-state index in [-0.39, 0.29) is 53.6 Å². The summed E-state index contributed by atoms with van der Waals surface area (Å²) < 4.78 is 20.4. The number of para-hydroxylation sites is 6. The van der Waals surface area contributed by atoms with E-state index >= 15 is 0 Å². The van der Waals surface area contributed by atoms with Crippen LogP contribution in [0.5, 0.6) is 23.0 Å². The molecule has 3 amide bonds. The fraction of sp³-hybridized carbons (Fsp3) is 0.221. The molecule has 23 heteroatoms. The Morgan fingerprint density at radius 3 is 1.35 bits per heavy atom. The Labute approximate surface area is 536 Å². The quantitative estimate of drug-likeness (QED) is 0.0123. The van der Waals surface area contributed by atoms with Gasteiger partial charge in [0.2, 0.25) is 17.2 Å². The Morgan fingerprint density at radius 1 is 0.549 bits per heavy atom. The number of hydrogen-bond acceptors (Lipinski definition) is 18. The normalized spacial score (nSPS) is 10.8. The van der Waals surface area contributed by atoms with Crippen molar-refractivity contribution in [1.29, 1.82) is 21.0 Å². The van der Waals surface area contributed by atoms with Crippen molar-refractivity contribution in [2.75, 3.05) is 46.4 Å². The van der Waals surface area contributed by atoms with E-state index < -0.39 is 16.2 Å². The van der Waals surface area contributed by atoms with Crippen LogP contribution in [-0.4, -0.2) is 81.6 Å². The molecule has 0 fully saturated rings. The molecular formula is C68H68Cl2N10O11. The third kappa shape index (κ3) is 24.4. The molecule has 91 heavy (non-hydrogen) atoms. The fourth-order valence-corrected chi connectivity index (χ4v) is 8.41. The highest BCUT2D eigenvalue weighted by Crippen LogP contribution is 2.53. The lowest BCUT2D eigenvalue weighted by Gasteiger charge is -2.30. The first-order valence-corrected chi connectivity index (χ1v) is 28.8. The van der Waals surface area contributed by atoms with E-state index in [1.54, 1.807) is 42.5 Å². The number of allylic oxidation sites excluding steroid dienone is 2. The summed E-state index contributed by atoms with van der Waals surface area (Å²) in [6, 6.07) is 51.4. The summed E-state index contributed by atoms with van der Waals surface area (Å²) in [5.74, 6) is 1.01. The van der Waals surface area contributed by atoms with Gasteiger partial charge in [0.1, 0.15) is 65.1 Å². The number of fused-ring (bicyclic) bond motifs is 6. The standard InChI is InChI=1S/C22H18N2O3.C13H8Cl2O.C13H8O2.C9H12N2O2.C5H9N3O.C4H5NO2.C2H8N2/c1-2-15(25)8-7-13-24-22(26)18(14-23)21-16-9-3-5-11-19(16)27-20-12-6-4-10-17(20)21;14-13(15)9-5-1-3-7-11(9)16-12-8-4-2-6-10(12)13;14-13-9-5-1-3-7-11(9)15-12-8-4-2-6-10(12)13;1-2-8(12)4-3-7-11-9(13)5-6-10;6-2-1-5(9)8-4-3-7;1-7-4(6)2-3-5;3-1-2-4/h2-6,9-12H,1,7-8,13H2,(H,24,26);1-8H;1-8H;2H,1,3-5,7H2,(H,11,13);1,3-4,7H2,(H,8,9);2H2,1H3;1-4H2. The zero-order chi connectivity index (χ0) is 67.0. The van der Waals surface area contributed by atoms with Gasteiger partial charge in [-0.1, -0.05) is 133 Å². The number of nitrogens with two attached hydrogens (primary N) is 3. The van der Waals surface area contributed by atoms with Gasteiger partial charge in [-0.3, -0.25) is 33.6 Å². The van der Waals surface area contributed by atoms with E-state index in [4.69, 9.17) is 70.1 Å². The molecule has 0 spiro atoms. The molecule has 0 atom stereocenters. The summed E-state index contributed by atoms with van der Waals surface area (Å²) in [5, 5.41) is 42.6. The minimum atomic E-state index is -1.04. The average molecular weight is 1270 g/mol. The van der Waals surface area contributed by atoms with Crippen molar-refractivity contribution in [3.8, 4) is 47.3 Å². The maximum atomic E-state index is 12.7. The molecule has 2 aliphatic heterocycles. The number of benzene rings is 6. The van der Waals surface area contributed by atoms with Crippen LogP contribution in [0.4, 0.5) is 0 Å². The number of nitrogens with zero attached hydrogens (tertiary/aromatic N) is 4. The van der Waals surface area contributed by atoms with Crippen molar-refractivity contribution in [2.24, 2.45) is 17.2 Å². The maximum absolute atomic E-state index is 12.7. The van der Waals surface area contributed by atoms with Crippen LogP contribution in [-0.2, 0) is 37.8 Å². The molecule has 2 aliphatic rings. The molecule has 3 heterocycles. The number of nitrogens with one attached hydrogen (secondary N) is 3. The second-order valence-corrected chi connectivity index (χ2v) is 19.8. The number of hydrogen-bond donors (Lipinski definition) is 6. The van der Waals surface area contributed by atoms with Crippen molar-refractivity contribution in [3.63, 3.8) is 0 Å². The molecule has 0 unspecified atom stereocenters. The SMILES string of the molecule is C=CC(=O)CCCNC(=O)C(C#N)=C1c2ccccc2Oc2ccccc21.C=CC(=O)CCCNC(=O)CC#N.COC(=O)CC#N.ClC1(Cl)c2ccccc2Oc2ccccc21.N#CCC(=O)NCCN.NCCN.O=c1c2ccccc2oc2ccccc12. The molecule has 0 bridgehead atoms. The van der Waals surface area contributed by atoms with Gasteiger partial charge in [0.05, 0.1) is 36.1 Å². The van der Waals surface area contributed by atoms with Crippen LogP contribution in [0.2, 0.25) is 0 Å². The number of ether oxygens (including phenoxy) is 3. The molecule has 0 aliphatic carbocycles. The predicted octanol–water partition coefficient (Wildman–Crippen LogP) is 9.69. The third-order valence-corrected chi connectivity index (χ3v) is 12.9. The number of alkyl halides is 2. The molecule has 470 valence electrons. The molecule has 1 aromatic heterocycles. The zero-order valence-corrected chi connectivity index (χ0v) is 51.4. The van der Waals surface area contributed by atoms with Crippen LogP contribution >= 0.6 is 23.2 Å². The Balaban J connectivity index is 0.000000296. The minimum absolute atomic E-state index is 0.0215. The van der Waals surface area contributed by atoms with Gasteiger partial charge in [0.25, 0.3) is 5.91 Å². The highest BCUT2D eigenvalue weighted by molar-refractivity contribution is 6.50. The van der Waals surface area contributed by atoms with Gasteiger partial charge >= 0.3 is 5.97 Å². The second-order valence-electron chi connectivity index (χ2n) is 18.5. The summed E-state index contributed by atoms with van der Waals surface area (Å²) in [6.45, 7) is 9.53. The highest BCUT2D eigenvalue weighted by Gasteiger charge is 2.38. The maximum Gasteiger partial charge on any atom is 0.319 e. The Hall–Kier alpha value is -10.8. The molecule has 7 aromatic rings. The van der Waals surface area contributed by atoms with Gasteiger partial charge in [-0.05, 0) is 73.5 Å². The van der Waals surface area contributed by atoms with E-state index in [0.717, 1.165) is 11.1 Å². The van der Waals surface area contributed by atoms with E-state index in [1.807, 2.05) is 127 Å². The third-order valence-electron chi connectivity index (χ3n) is 12.1. The van der Waals surface area contributed by atoms with Crippen LogP contribution < -0.4 is 48.1 Å². The number of rotatable bonds is 17. The van der Waals surface area contributed by atoms with Gasteiger partial charge in [0, 0.05) is 79.9 Å². The number of carbonyl (C=O) groups is 6. The number of nitriles is 4. The van der Waals surface area contributed by atoms with Crippen molar-refractivity contribution in [1.82, 2.24) is 16.0 Å².